The summed E-state index contributed by atoms with van der Waals surface area (Å²) in [6, 6.07) is 12.7. The van der Waals surface area contributed by atoms with Crippen molar-refractivity contribution < 1.29 is 14.3 Å². The molecular formula is C19H19ClN2O3. The summed E-state index contributed by atoms with van der Waals surface area (Å²) in [6.07, 6.45) is 0. The largest absolute Gasteiger partial charge is 0.482 e. The van der Waals surface area contributed by atoms with Crippen LogP contribution in [0, 0.1) is 0 Å². The summed E-state index contributed by atoms with van der Waals surface area (Å²) in [6.45, 7) is 3.94. The number of anilines is 2. The molecule has 0 saturated carbocycles. The fourth-order valence-corrected chi connectivity index (χ4v) is 2.96. The van der Waals surface area contributed by atoms with E-state index >= 15 is 0 Å². The molecule has 1 N–H and O–H groups in total. The second-order valence-corrected chi connectivity index (χ2v) is 6.61. The number of carbonyl (C=O) groups is 2. The lowest BCUT2D eigenvalue weighted by Crippen LogP contribution is -2.43. The smallest absolute Gasteiger partial charge is 0.265 e. The van der Waals surface area contributed by atoms with Crippen molar-refractivity contribution in [2.75, 3.05) is 23.4 Å². The van der Waals surface area contributed by atoms with Crippen molar-refractivity contribution in [1.29, 1.82) is 0 Å². The number of nitrogens with zero attached hydrogens (tertiary/aromatic N) is 1. The molecule has 130 valence electrons. The maximum Gasteiger partial charge on any atom is 0.265 e. The van der Waals surface area contributed by atoms with Crippen LogP contribution >= 0.6 is 11.6 Å². The van der Waals surface area contributed by atoms with Gasteiger partial charge in [-0.25, -0.2) is 0 Å². The summed E-state index contributed by atoms with van der Waals surface area (Å²) in [5.74, 6) is 0.275. The molecule has 2 aromatic carbocycles. The first-order valence-corrected chi connectivity index (χ1v) is 8.45. The second-order valence-electron chi connectivity index (χ2n) is 6.17. The van der Waals surface area contributed by atoms with Crippen LogP contribution in [-0.2, 0) is 9.59 Å². The molecule has 0 aromatic heterocycles. The van der Waals surface area contributed by atoms with Crippen molar-refractivity contribution in [1.82, 2.24) is 0 Å². The number of halogens is 1. The zero-order chi connectivity index (χ0) is 18.0. The summed E-state index contributed by atoms with van der Waals surface area (Å²) in [4.78, 5) is 26.1. The third kappa shape index (κ3) is 3.77. The van der Waals surface area contributed by atoms with Crippen LogP contribution in [0.1, 0.15) is 25.3 Å². The third-order valence-electron chi connectivity index (χ3n) is 4.02. The Hall–Kier alpha value is -2.53. The van der Waals surface area contributed by atoms with Crippen LogP contribution in [0.15, 0.2) is 42.5 Å². The average Bonchev–Trinajstić information content (AvgIpc) is 2.58. The Bertz CT molecular complexity index is 820. The van der Waals surface area contributed by atoms with E-state index in [4.69, 9.17) is 16.3 Å². The molecule has 1 heterocycles. The van der Waals surface area contributed by atoms with Gasteiger partial charge in [0.1, 0.15) is 12.3 Å². The standard InChI is InChI=1S/C19H19ClN2O3/c1-12(2)14-5-3-4-6-15(14)21-18(23)10-22-16-9-13(20)7-8-17(16)25-11-19(22)24/h3-9,12H,10-11H2,1-2H3,(H,21,23). The number of benzene rings is 2. The molecule has 0 spiro atoms. The Morgan fingerprint density at radius 1 is 1.28 bits per heavy atom. The van der Waals surface area contributed by atoms with Gasteiger partial charge < -0.3 is 10.1 Å². The molecule has 6 heteroatoms. The zero-order valence-corrected chi connectivity index (χ0v) is 14.8. The van der Waals surface area contributed by atoms with E-state index in [0.717, 1.165) is 11.3 Å². The molecule has 2 aromatic rings. The van der Waals surface area contributed by atoms with E-state index < -0.39 is 0 Å². The number of ether oxygens (including phenoxy) is 1. The van der Waals surface area contributed by atoms with Gasteiger partial charge in [0.2, 0.25) is 5.91 Å². The molecule has 0 saturated heterocycles. The minimum atomic E-state index is -0.276. The third-order valence-corrected chi connectivity index (χ3v) is 4.26. The Morgan fingerprint density at radius 3 is 2.80 bits per heavy atom. The van der Waals surface area contributed by atoms with Gasteiger partial charge in [0.15, 0.2) is 6.61 Å². The monoisotopic (exact) mass is 358 g/mol. The first kappa shape index (κ1) is 17.3. The van der Waals surface area contributed by atoms with Crippen molar-refractivity contribution in [3.63, 3.8) is 0 Å². The number of hydrogen-bond donors (Lipinski definition) is 1. The number of carbonyl (C=O) groups excluding carboxylic acids is 2. The SMILES string of the molecule is CC(C)c1ccccc1NC(=O)CN1C(=O)COc2ccc(Cl)cc21. The summed E-state index contributed by atoms with van der Waals surface area (Å²) in [5, 5.41) is 3.38. The van der Waals surface area contributed by atoms with Crippen molar-refractivity contribution >= 4 is 34.8 Å². The van der Waals surface area contributed by atoms with Crippen LogP contribution in [0.5, 0.6) is 5.75 Å². The summed E-state index contributed by atoms with van der Waals surface area (Å²) in [7, 11) is 0. The molecule has 2 amide bonds. The van der Waals surface area contributed by atoms with Crippen LogP contribution in [0.3, 0.4) is 0 Å². The Labute approximate surface area is 151 Å². The molecule has 3 rings (SSSR count). The minimum absolute atomic E-state index is 0.0928. The van der Waals surface area contributed by atoms with E-state index in [-0.39, 0.29) is 30.9 Å². The molecular weight excluding hydrogens is 340 g/mol. The molecule has 5 nitrogen and oxygen atoms in total. The molecule has 1 aliphatic rings. The Balaban J connectivity index is 1.80. The van der Waals surface area contributed by atoms with Gasteiger partial charge in [-0.3, -0.25) is 14.5 Å². The lowest BCUT2D eigenvalue weighted by molar-refractivity contribution is -0.123. The lowest BCUT2D eigenvalue weighted by Gasteiger charge is -2.29. The van der Waals surface area contributed by atoms with Gasteiger partial charge in [0.05, 0.1) is 5.69 Å². The van der Waals surface area contributed by atoms with Crippen LogP contribution in [-0.4, -0.2) is 25.0 Å². The molecule has 25 heavy (non-hydrogen) atoms. The highest BCUT2D eigenvalue weighted by Gasteiger charge is 2.27. The number of hydrogen-bond acceptors (Lipinski definition) is 3. The first-order chi connectivity index (χ1) is 12.0. The van der Waals surface area contributed by atoms with Gasteiger partial charge in [-0.1, -0.05) is 43.6 Å². The average molecular weight is 359 g/mol. The lowest BCUT2D eigenvalue weighted by atomic mass is 10.0. The summed E-state index contributed by atoms with van der Waals surface area (Å²) < 4.78 is 5.39. The molecule has 0 fully saturated rings. The molecule has 1 aliphatic heterocycles. The number of fused-ring (bicyclic) bond motifs is 1. The van der Waals surface area contributed by atoms with E-state index in [1.165, 1.54) is 4.90 Å². The highest BCUT2D eigenvalue weighted by atomic mass is 35.5. The topological polar surface area (TPSA) is 58.6 Å². The molecule has 0 unspecified atom stereocenters. The predicted molar refractivity (Wildman–Crippen MR) is 98.5 cm³/mol. The number of amides is 2. The maximum absolute atomic E-state index is 12.5. The molecule has 0 radical (unpaired) electrons. The van der Waals surface area contributed by atoms with Crippen LogP contribution in [0.2, 0.25) is 5.02 Å². The van der Waals surface area contributed by atoms with Gasteiger partial charge in [-0.15, -0.1) is 0 Å². The Kier molecular flexibility index (Phi) is 4.95. The van der Waals surface area contributed by atoms with E-state index in [1.807, 2.05) is 24.3 Å². The molecule has 0 atom stereocenters. The minimum Gasteiger partial charge on any atom is -0.482 e. The van der Waals surface area contributed by atoms with Gasteiger partial charge in [0.25, 0.3) is 5.91 Å². The Morgan fingerprint density at radius 2 is 2.04 bits per heavy atom. The van der Waals surface area contributed by atoms with Crippen LogP contribution in [0.25, 0.3) is 0 Å². The summed E-state index contributed by atoms with van der Waals surface area (Å²) >= 11 is 6.02. The number of rotatable bonds is 4. The second kappa shape index (κ2) is 7.15. The highest BCUT2D eigenvalue weighted by Crippen LogP contribution is 2.34. The van der Waals surface area contributed by atoms with E-state index in [0.29, 0.717) is 16.5 Å². The van der Waals surface area contributed by atoms with Gasteiger partial charge in [-0.05, 0) is 35.7 Å². The van der Waals surface area contributed by atoms with Crippen LogP contribution < -0.4 is 15.0 Å². The predicted octanol–water partition coefficient (Wildman–Crippen LogP) is 3.83. The fourth-order valence-electron chi connectivity index (χ4n) is 2.80. The van der Waals surface area contributed by atoms with Gasteiger partial charge in [0, 0.05) is 10.7 Å². The van der Waals surface area contributed by atoms with E-state index in [2.05, 4.69) is 19.2 Å². The first-order valence-electron chi connectivity index (χ1n) is 8.07. The molecule has 0 bridgehead atoms. The number of nitrogens with one attached hydrogen (secondary N) is 1. The van der Waals surface area contributed by atoms with Crippen molar-refractivity contribution in [3.05, 3.63) is 53.1 Å². The van der Waals surface area contributed by atoms with Gasteiger partial charge in [-0.2, -0.15) is 0 Å². The highest BCUT2D eigenvalue weighted by molar-refractivity contribution is 6.31. The fraction of sp³-hybridized carbons (Fsp3) is 0.263. The quantitative estimate of drug-likeness (QED) is 0.903. The van der Waals surface area contributed by atoms with Crippen LogP contribution in [0.4, 0.5) is 11.4 Å². The van der Waals surface area contributed by atoms with E-state index in [9.17, 15) is 9.59 Å². The molecule has 0 aliphatic carbocycles. The van der Waals surface area contributed by atoms with Crippen molar-refractivity contribution in [2.24, 2.45) is 0 Å². The van der Waals surface area contributed by atoms with Gasteiger partial charge >= 0.3 is 0 Å². The van der Waals surface area contributed by atoms with E-state index in [1.54, 1.807) is 18.2 Å². The van der Waals surface area contributed by atoms with Crippen molar-refractivity contribution in [2.45, 2.75) is 19.8 Å². The number of para-hydroxylation sites is 1. The normalized spacial score (nSPS) is 13.4. The summed E-state index contributed by atoms with van der Waals surface area (Å²) in [5.41, 5.74) is 2.32. The maximum atomic E-state index is 12.5. The van der Waals surface area contributed by atoms with Crippen molar-refractivity contribution in [3.8, 4) is 5.75 Å². The zero-order valence-electron chi connectivity index (χ0n) is 14.1.